The Morgan fingerprint density at radius 2 is 2.25 bits per heavy atom. The Morgan fingerprint density at radius 1 is 1.38 bits per heavy atom. The first-order valence-corrected chi connectivity index (χ1v) is 5.85. The van der Waals surface area contributed by atoms with Crippen LogP contribution in [-0.4, -0.2) is 12.6 Å². The Morgan fingerprint density at radius 3 is 2.88 bits per heavy atom. The van der Waals surface area contributed by atoms with E-state index in [1.165, 1.54) is 18.4 Å². The molecule has 84 valence electrons. The predicted molar refractivity (Wildman–Crippen MR) is 62.6 cm³/mol. The van der Waals surface area contributed by atoms with Crippen molar-refractivity contribution in [3.05, 3.63) is 22.8 Å². The van der Waals surface area contributed by atoms with Gasteiger partial charge in [-0.1, -0.05) is 17.9 Å². The number of hydrogen-bond donors (Lipinski definition) is 0. The van der Waals surface area contributed by atoms with E-state index in [-0.39, 0.29) is 5.97 Å². The van der Waals surface area contributed by atoms with E-state index in [1.54, 1.807) is 0 Å². The molecule has 0 aromatic rings. The van der Waals surface area contributed by atoms with Gasteiger partial charge in [0.05, 0.1) is 12.2 Å². The maximum Gasteiger partial charge on any atom is 0.335 e. The summed E-state index contributed by atoms with van der Waals surface area (Å²) in [6, 6.07) is 0. The van der Waals surface area contributed by atoms with Gasteiger partial charge in [0.2, 0.25) is 0 Å². The number of cyclic esters (lactones) is 1. The van der Waals surface area contributed by atoms with Crippen LogP contribution in [0.5, 0.6) is 0 Å². The lowest BCUT2D eigenvalue weighted by Crippen LogP contribution is -1.97. The Hall–Kier alpha value is -1.49. The number of carbonyl (C=O) groups is 1. The third kappa shape index (κ3) is 2.55. The first kappa shape index (κ1) is 11.0. The molecule has 2 rings (SSSR count). The van der Waals surface area contributed by atoms with E-state index in [0.29, 0.717) is 13.0 Å². The van der Waals surface area contributed by atoms with E-state index in [4.69, 9.17) is 4.74 Å². The second-order valence-electron chi connectivity index (χ2n) is 4.21. The van der Waals surface area contributed by atoms with Crippen LogP contribution in [0.2, 0.25) is 0 Å². The monoisotopic (exact) mass is 216 g/mol. The second-order valence-corrected chi connectivity index (χ2v) is 4.21. The first-order chi connectivity index (χ1) is 7.77. The summed E-state index contributed by atoms with van der Waals surface area (Å²) in [5, 5.41) is 0. The maximum absolute atomic E-state index is 11.3. The Bertz CT molecular complexity index is 416. The average molecular weight is 216 g/mol. The van der Waals surface area contributed by atoms with Crippen molar-refractivity contribution in [2.45, 2.75) is 39.0 Å². The lowest BCUT2D eigenvalue weighted by atomic mass is 9.99. The molecule has 1 aliphatic heterocycles. The fourth-order valence-electron chi connectivity index (χ4n) is 1.98. The number of ether oxygens (including phenoxy) is 1. The first-order valence-electron chi connectivity index (χ1n) is 5.85. The van der Waals surface area contributed by atoms with E-state index in [2.05, 4.69) is 17.9 Å². The highest BCUT2D eigenvalue weighted by molar-refractivity contribution is 5.92. The largest absolute Gasteiger partial charge is 0.462 e. The number of allylic oxidation sites excluding steroid dienone is 3. The van der Waals surface area contributed by atoms with E-state index in [1.807, 2.05) is 6.92 Å². The fraction of sp³-hybridized carbons (Fsp3) is 0.500. The van der Waals surface area contributed by atoms with Crippen LogP contribution in [-0.2, 0) is 9.53 Å². The van der Waals surface area contributed by atoms with Crippen LogP contribution in [0.15, 0.2) is 22.8 Å². The molecule has 0 spiro atoms. The van der Waals surface area contributed by atoms with Crippen LogP contribution in [0.25, 0.3) is 0 Å². The Kier molecular flexibility index (Phi) is 3.46. The molecule has 0 aromatic heterocycles. The normalized spacial score (nSPS) is 23.1. The molecule has 1 aliphatic carbocycles. The van der Waals surface area contributed by atoms with Gasteiger partial charge in [-0.05, 0) is 38.2 Å². The Balaban J connectivity index is 2.12. The van der Waals surface area contributed by atoms with E-state index >= 15 is 0 Å². The summed E-state index contributed by atoms with van der Waals surface area (Å²) in [6.45, 7) is 2.41. The summed E-state index contributed by atoms with van der Waals surface area (Å²) in [5.41, 5.74) is 2.84. The maximum atomic E-state index is 11.3. The molecule has 2 aliphatic rings. The number of rotatable bonds is 0. The topological polar surface area (TPSA) is 26.3 Å². The zero-order valence-corrected chi connectivity index (χ0v) is 9.64. The molecule has 0 bridgehead atoms. The van der Waals surface area contributed by atoms with Crippen molar-refractivity contribution in [2.24, 2.45) is 0 Å². The number of hydrogen-bond acceptors (Lipinski definition) is 2. The minimum atomic E-state index is -0.190. The molecule has 0 N–H and O–H groups in total. The fourth-order valence-corrected chi connectivity index (χ4v) is 1.98. The van der Waals surface area contributed by atoms with Gasteiger partial charge in [0, 0.05) is 12.0 Å². The molecule has 0 saturated carbocycles. The molecular formula is C14H16O2. The summed E-state index contributed by atoms with van der Waals surface area (Å²) in [4.78, 5) is 11.3. The van der Waals surface area contributed by atoms with Gasteiger partial charge in [0.15, 0.2) is 0 Å². The van der Waals surface area contributed by atoms with Crippen LogP contribution in [0.1, 0.15) is 39.0 Å². The van der Waals surface area contributed by atoms with Gasteiger partial charge in [-0.25, -0.2) is 4.79 Å². The van der Waals surface area contributed by atoms with Gasteiger partial charge >= 0.3 is 5.97 Å². The van der Waals surface area contributed by atoms with Crippen LogP contribution in [0.3, 0.4) is 0 Å². The number of esters is 1. The molecule has 16 heavy (non-hydrogen) atoms. The van der Waals surface area contributed by atoms with Crippen molar-refractivity contribution < 1.29 is 9.53 Å². The molecule has 0 unspecified atom stereocenters. The van der Waals surface area contributed by atoms with Gasteiger partial charge in [-0.2, -0.15) is 0 Å². The summed E-state index contributed by atoms with van der Waals surface area (Å²) in [6.07, 6.45) is 7.65. The third-order valence-corrected chi connectivity index (χ3v) is 2.99. The van der Waals surface area contributed by atoms with Crippen molar-refractivity contribution >= 4 is 5.97 Å². The lowest BCUT2D eigenvalue weighted by Gasteiger charge is -2.05. The van der Waals surface area contributed by atoms with E-state index < -0.39 is 0 Å². The van der Waals surface area contributed by atoms with Gasteiger partial charge in [0.25, 0.3) is 0 Å². The highest BCUT2D eigenvalue weighted by atomic mass is 16.5. The van der Waals surface area contributed by atoms with Crippen molar-refractivity contribution in [1.29, 1.82) is 0 Å². The highest BCUT2D eigenvalue weighted by Gasteiger charge is 2.20. The van der Waals surface area contributed by atoms with Crippen molar-refractivity contribution in [1.82, 2.24) is 0 Å². The van der Waals surface area contributed by atoms with E-state index in [9.17, 15) is 4.79 Å². The van der Waals surface area contributed by atoms with Gasteiger partial charge in [-0.15, -0.1) is 0 Å². The zero-order chi connectivity index (χ0) is 11.4. The molecule has 1 saturated heterocycles. The molecule has 0 amide bonds. The SMILES string of the molecule is C/C(C#CC1=CCCCC1)=C1\CCOC1=O. The third-order valence-electron chi connectivity index (χ3n) is 2.99. The molecule has 2 heteroatoms. The molecule has 1 heterocycles. The van der Waals surface area contributed by atoms with Crippen LogP contribution >= 0.6 is 0 Å². The van der Waals surface area contributed by atoms with Gasteiger partial charge in [0.1, 0.15) is 0 Å². The average Bonchev–Trinajstić information content (AvgIpc) is 2.74. The smallest absolute Gasteiger partial charge is 0.335 e. The summed E-state index contributed by atoms with van der Waals surface area (Å²) in [7, 11) is 0. The van der Waals surface area contributed by atoms with Crippen LogP contribution in [0.4, 0.5) is 0 Å². The summed E-state index contributed by atoms with van der Waals surface area (Å²) in [5.74, 6) is 6.06. The zero-order valence-electron chi connectivity index (χ0n) is 9.64. The highest BCUT2D eigenvalue weighted by Crippen LogP contribution is 2.19. The second kappa shape index (κ2) is 5.03. The van der Waals surface area contributed by atoms with Crippen LogP contribution in [0, 0.1) is 11.8 Å². The summed E-state index contributed by atoms with van der Waals surface area (Å²) >= 11 is 0. The minimum Gasteiger partial charge on any atom is -0.462 e. The Labute approximate surface area is 96.4 Å². The van der Waals surface area contributed by atoms with Crippen molar-refractivity contribution in [2.75, 3.05) is 6.61 Å². The summed E-state index contributed by atoms with van der Waals surface area (Å²) < 4.78 is 4.90. The quantitative estimate of drug-likeness (QED) is 0.353. The molecule has 0 radical (unpaired) electrons. The van der Waals surface area contributed by atoms with Crippen molar-refractivity contribution in [3.8, 4) is 11.8 Å². The molecule has 2 nitrogen and oxygen atoms in total. The predicted octanol–water partition coefficient (Wildman–Crippen LogP) is 2.75. The molecule has 0 atom stereocenters. The van der Waals surface area contributed by atoms with E-state index in [0.717, 1.165) is 24.0 Å². The van der Waals surface area contributed by atoms with Crippen LogP contribution < -0.4 is 0 Å². The number of carbonyl (C=O) groups excluding carboxylic acids is 1. The molecule has 0 aromatic carbocycles. The lowest BCUT2D eigenvalue weighted by molar-refractivity contribution is -0.135. The minimum absolute atomic E-state index is 0.190. The van der Waals surface area contributed by atoms with Gasteiger partial charge < -0.3 is 4.74 Å². The van der Waals surface area contributed by atoms with Crippen molar-refractivity contribution in [3.63, 3.8) is 0 Å². The molecular weight excluding hydrogens is 200 g/mol. The standard InChI is InChI=1S/C14H16O2/c1-11(13-9-10-16-14(13)15)7-8-12-5-3-2-4-6-12/h5H,2-4,6,9-10H2,1H3/b13-11-. The van der Waals surface area contributed by atoms with Gasteiger partial charge in [-0.3, -0.25) is 0 Å². The molecule has 1 fully saturated rings.